The number of hydrogen-bond acceptors (Lipinski definition) is 4. The van der Waals surface area contributed by atoms with Gasteiger partial charge in [0.15, 0.2) is 0 Å². The highest BCUT2D eigenvalue weighted by Gasteiger charge is 2.14. The smallest absolute Gasteiger partial charge is 0.236 e. The first-order chi connectivity index (χ1) is 9.89. The summed E-state index contributed by atoms with van der Waals surface area (Å²) in [5.74, 6) is -0.880. The largest absolute Gasteiger partial charge is 0.397 e. The van der Waals surface area contributed by atoms with Crippen molar-refractivity contribution in [1.82, 2.24) is 0 Å². The molecule has 0 spiro atoms. The minimum Gasteiger partial charge on any atom is -0.397 e. The van der Waals surface area contributed by atoms with Crippen LogP contribution in [0.4, 0.5) is 15.8 Å². The first-order valence-electron chi connectivity index (χ1n) is 5.94. The normalized spacial score (nSPS) is 10.9. The molecule has 0 saturated carbocycles. The van der Waals surface area contributed by atoms with Gasteiger partial charge in [0.25, 0.3) is 0 Å². The van der Waals surface area contributed by atoms with E-state index in [1.807, 2.05) is 6.07 Å². The molecular formula is C14H12FN3O2S. The van der Waals surface area contributed by atoms with E-state index in [1.165, 1.54) is 18.2 Å². The zero-order chi connectivity index (χ0) is 15.5. The lowest BCUT2D eigenvalue weighted by molar-refractivity contribution is 0.600. The molecule has 0 heterocycles. The molecule has 2 aromatic carbocycles. The Labute approximate surface area is 121 Å². The van der Waals surface area contributed by atoms with Crippen molar-refractivity contribution in [2.24, 2.45) is 0 Å². The third-order valence-electron chi connectivity index (χ3n) is 2.72. The van der Waals surface area contributed by atoms with E-state index >= 15 is 0 Å². The van der Waals surface area contributed by atoms with Crippen LogP contribution in [-0.4, -0.2) is 8.42 Å². The quantitative estimate of drug-likeness (QED) is 0.846. The van der Waals surface area contributed by atoms with E-state index in [4.69, 9.17) is 11.0 Å². The van der Waals surface area contributed by atoms with Gasteiger partial charge in [-0.2, -0.15) is 5.26 Å². The lowest BCUT2D eigenvalue weighted by atomic mass is 10.2. The number of rotatable bonds is 4. The summed E-state index contributed by atoms with van der Waals surface area (Å²) in [4.78, 5) is 0. The fraction of sp³-hybridized carbons (Fsp3) is 0.0714. The van der Waals surface area contributed by atoms with Crippen molar-refractivity contribution in [2.45, 2.75) is 5.75 Å². The van der Waals surface area contributed by atoms with E-state index < -0.39 is 15.8 Å². The highest BCUT2D eigenvalue weighted by atomic mass is 32.2. The van der Waals surface area contributed by atoms with Crippen LogP contribution in [0.2, 0.25) is 0 Å². The van der Waals surface area contributed by atoms with Gasteiger partial charge in [-0.25, -0.2) is 12.8 Å². The predicted molar refractivity (Wildman–Crippen MR) is 78.2 cm³/mol. The fourth-order valence-corrected chi connectivity index (χ4v) is 2.93. The van der Waals surface area contributed by atoms with Gasteiger partial charge in [0.1, 0.15) is 5.82 Å². The van der Waals surface area contributed by atoms with Gasteiger partial charge < -0.3 is 5.73 Å². The number of halogens is 1. The minimum absolute atomic E-state index is 0.00338. The molecule has 0 aliphatic heterocycles. The molecule has 0 fully saturated rings. The molecule has 0 radical (unpaired) electrons. The summed E-state index contributed by atoms with van der Waals surface area (Å²) >= 11 is 0. The molecule has 108 valence electrons. The van der Waals surface area contributed by atoms with Crippen LogP contribution in [0.1, 0.15) is 11.1 Å². The molecule has 21 heavy (non-hydrogen) atoms. The van der Waals surface area contributed by atoms with Gasteiger partial charge in [0.05, 0.1) is 28.8 Å². The van der Waals surface area contributed by atoms with Crippen molar-refractivity contribution in [3.8, 4) is 6.07 Å². The molecule has 0 unspecified atom stereocenters. The average Bonchev–Trinajstić information content (AvgIpc) is 2.43. The van der Waals surface area contributed by atoms with Crippen molar-refractivity contribution >= 4 is 21.4 Å². The molecule has 5 nitrogen and oxygen atoms in total. The Kier molecular flexibility index (Phi) is 4.10. The number of nitrogens with zero attached hydrogens (tertiary/aromatic N) is 1. The molecule has 0 bridgehead atoms. The number of nitriles is 1. The molecule has 0 aliphatic rings. The van der Waals surface area contributed by atoms with E-state index in [1.54, 1.807) is 12.1 Å². The SMILES string of the molecule is N#Cc1ccc(CS(=O)(=O)Nc2cc(F)ccc2N)cc1. The van der Waals surface area contributed by atoms with Gasteiger partial charge in [0, 0.05) is 6.07 Å². The molecule has 3 N–H and O–H groups in total. The van der Waals surface area contributed by atoms with Crippen molar-refractivity contribution < 1.29 is 12.8 Å². The third-order valence-corrected chi connectivity index (χ3v) is 3.96. The molecule has 0 amide bonds. The average molecular weight is 305 g/mol. The van der Waals surface area contributed by atoms with E-state index in [0.717, 1.165) is 12.1 Å². The molecule has 0 aromatic heterocycles. The second-order valence-electron chi connectivity index (χ2n) is 4.40. The number of sulfonamides is 1. The highest BCUT2D eigenvalue weighted by molar-refractivity contribution is 7.91. The maximum atomic E-state index is 13.1. The lowest BCUT2D eigenvalue weighted by Crippen LogP contribution is -2.16. The van der Waals surface area contributed by atoms with Crippen LogP contribution in [0, 0.1) is 17.1 Å². The maximum absolute atomic E-state index is 13.1. The zero-order valence-corrected chi connectivity index (χ0v) is 11.7. The predicted octanol–water partition coefficient (Wildman–Crippen LogP) is 2.22. The van der Waals surface area contributed by atoms with Gasteiger partial charge in [-0.15, -0.1) is 0 Å². The summed E-state index contributed by atoms with van der Waals surface area (Å²) in [5.41, 5.74) is 6.69. The van der Waals surface area contributed by atoms with Gasteiger partial charge in [0.2, 0.25) is 10.0 Å². The second kappa shape index (κ2) is 5.81. The van der Waals surface area contributed by atoms with Crippen molar-refractivity contribution in [3.05, 3.63) is 59.4 Å². The molecule has 7 heteroatoms. The summed E-state index contributed by atoms with van der Waals surface area (Å²) in [6.45, 7) is 0. The Morgan fingerprint density at radius 1 is 1.19 bits per heavy atom. The van der Waals surface area contributed by atoms with Crippen LogP contribution in [0.3, 0.4) is 0 Å². The first kappa shape index (κ1) is 14.8. The van der Waals surface area contributed by atoms with Gasteiger partial charge in [-0.05, 0) is 29.8 Å². The van der Waals surface area contributed by atoms with Crippen LogP contribution < -0.4 is 10.5 Å². The van der Waals surface area contributed by atoms with Crippen LogP contribution in [0.5, 0.6) is 0 Å². The van der Waals surface area contributed by atoms with Crippen LogP contribution in [0.25, 0.3) is 0 Å². The van der Waals surface area contributed by atoms with Gasteiger partial charge in [-0.1, -0.05) is 12.1 Å². The monoisotopic (exact) mass is 305 g/mol. The zero-order valence-electron chi connectivity index (χ0n) is 10.9. The summed E-state index contributed by atoms with van der Waals surface area (Å²) < 4.78 is 39.4. The third kappa shape index (κ3) is 3.94. The Hall–Kier alpha value is -2.59. The van der Waals surface area contributed by atoms with E-state index in [2.05, 4.69) is 4.72 Å². The number of nitrogens with one attached hydrogen (secondary N) is 1. The minimum atomic E-state index is -3.73. The van der Waals surface area contributed by atoms with Crippen molar-refractivity contribution in [3.63, 3.8) is 0 Å². The van der Waals surface area contributed by atoms with E-state index in [-0.39, 0.29) is 17.1 Å². The molecule has 0 aliphatic carbocycles. The standard InChI is InChI=1S/C14H12FN3O2S/c15-12-5-6-13(17)14(7-12)18-21(19,20)9-11-3-1-10(8-16)2-4-11/h1-7,18H,9,17H2. The lowest BCUT2D eigenvalue weighted by Gasteiger charge is -2.10. The summed E-state index contributed by atoms with van der Waals surface area (Å²) in [7, 11) is -3.73. The molecule has 0 atom stereocenters. The molecule has 2 aromatic rings. The number of nitrogen functional groups attached to an aromatic ring is 1. The Bertz CT molecular complexity index is 796. The number of nitrogens with two attached hydrogens (primary N) is 1. The van der Waals surface area contributed by atoms with Crippen molar-refractivity contribution in [2.75, 3.05) is 10.5 Å². The Morgan fingerprint density at radius 2 is 1.86 bits per heavy atom. The fourth-order valence-electron chi connectivity index (χ4n) is 1.72. The summed E-state index contributed by atoms with van der Waals surface area (Å²) in [6, 6.07) is 11.6. The second-order valence-corrected chi connectivity index (χ2v) is 6.12. The summed E-state index contributed by atoms with van der Waals surface area (Å²) in [6.07, 6.45) is 0. The van der Waals surface area contributed by atoms with E-state index in [9.17, 15) is 12.8 Å². The van der Waals surface area contributed by atoms with Gasteiger partial charge in [-0.3, -0.25) is 4.72 Å². The van der Waals surface area contributed by atoms with Crippen LogP contribution >= 0.6 is 0 Å². The Morgan fingerprint density at radius 3 is 2.48 bits per heavy atom. The number of benzene rings is 2. The molecule has 0 saturated heterocycles. The van der Waals surface area contributed by atoms with Gasteiger partial charge >= 0.3 is 0 Å². The molecular weight excluding hydrogens is 293 g/mol. The number of hydrogen-bond donors (Lipinski definition) is 2. The first-order valence-corrected chi connectivity index (χ1v) is 7.59. The Balaban J connectivity index is 2.18. The van der Waals surface area contributed by atoms with E-state index in [0.29, 0.717) is 11.1 Å². The highest BCUT2D eigenvalue weighted by Crippen LogP contribution is 2.21. The number of anilines is 2. The maximum Gasteiger partial charge on any atom is 0.236 e. The van der Waals surface area contributed by atoms with Crippen LogP contribution in [-0.2, 0) is 15.8 Å². The van der Waals surface area contributed by atoms with Crippen LogP contribution in [0.15, 0.2) is 42.5 Å². The topological polar surface area (TPSA) is 96.0 Å². The molecule has 2 rings (SSSR count). The van der Waals surface area contributed by atoms with Crippen molar-refractivity contribution in [1.29, 1.82) is 5.26 Å². The summed E-state index contributed by atoms with van der Waals surface area (Å²) in [5, 5.41) is 8.68.